The number of aliphatic hydroxyl groups is 5. The zero-order chi connectivity index (χ0) is 30.0. The summed E-state index contributed by atoms with van der Waals surface area (Å²) < 4.78 is 20.9. The second-order valence-corrected chi connectivity index (χ2v) is 10.1. The maximum Gasteiger partial charge on any atom is 0.306 e. The molecule has 0 spiro atoms. The van der Waals surface area contributed by atoms with E-state index in [1.165, 1.54) is 35.6 Å². The van der Waals surface area contributed by atoms with Crippen LogP contribution >= 0.6 is 0 Å². The molecule has 0 aliphatic carbocycles. The van der Waals surface area contributed by atoms with Crippen LogP contribution in [-0.2, 0) is 32.8 Å². The number of anilines is 1. The highest BCUT2D eigenvalue weighted by Crippen LogP contribution is 2.42. The Bertz CT molecular complexity index is 1430. The number of nitrogens with zero attached hydrogens (tertiary/aromatic N) is 2. The lowest BCUT2D eigenvalue weighted by Gasteiger charge is -2.50. The molecule has 5 rings (SSSR count). The molecule has 1 atom stereocenters. The molecule has 3 amide bonds. The highest BCUT2D eigenvalue weighted by molar-refractivity contribution is 6.39. The van der Waals surface area contributed by atoms with Crippen LogP contribution in [0.5, 0.6) is 0 Å². The van der Waals surface area contributed by atoms with E-state index in [4.69, 9.17) is 20.4 Å². The number of nitrogens with one attached hydrogen (secondary N) is 2. The summed E-state index contributed by atoms with van der Waals surface area (Å²) in [6.07, 6.45) is 0. The van der Waals surface area contributed by atoms with Crippen LogP contribution in [0.25, 0.3) is 0 Å². The van der Waals surface area contributed by atoms with Gasteiger partial charge < -0.3 is 40.5 Å². The van der Waals surface area contributed by atoms with E-state index in [0.29, 0.717) is 26.3 Å². The lowest BCUT2D eigenvalue weighted by Crippen LogP contribution is -2.85. The Hall–Kier alpha value is -3.37. The van der Waals surface area contributed by atoms with Crippen molar-refractivity contribution in [3.8, 4) is 0 Å². The second kappa shape index (κ2) is 9.87. The van der Waals surface area contributed by atoms with Gasteiger partial charge in [-0.1, -0.05) is 24.3 Å². The van der Waals surface area contributed by atoms with Crippen molar-refractivity contribution < 1.29 is 49.0 Å². The Balaban J connectivity index is 1.41. The molecular weight excluding hydrogens is 541 g/mol. The Morgan fingerprint density at radius 1 is 1.00 bits per heavy atom. The maximum atomic E-state index is 15.6. The molecule has 2 fully saturated rings. The number of hydrogen-bond donors (Lipinski definition) is 7. The van der Waals surface area contributed by atoms with Gasteiger partial charge in [-0.05, 0) is 23.0 Å². The molecule has 2 saturated heterocycles. The number of fused-ring (bicyclic) bond motifs is 1. The van der Waals surface area contributed by atoms with E-state index < -0.39 is 52.7 Å². The highest BCUT2D eigenvalue weighted by Gasteiger charge is 2.76. The van der Waals surface area contributed by atoms with Gasteiger partial charge >= 0.3 is 5.79 Å². The van der Waals surface area contributed by atoms with E-state index in [1.807, 2.05) is 0 Å². The van der Waals surface area contributed by atoms with Crippen LogP contribution in [0.2, 0.25) is 0 Å². The van der Waals surface area contributed by atoms with E-state index in [9.17, 15) is 39.9 Å². The van der Waals surface area contributed by atoms with Gasteiger partial charge in [0.05, 0.1) is 35.5 Å². The summed E-state index contributed by atoms with van der Waals surface area (Å²) in [6, 6.07) is 8.85. The van der Waals surface area contributed by atoms with E-state index in [-0.39, 0.29) is 39.4 Å². The Morgan fingerprint density at radius 3 is 2.34 bits per heavy atom. The number of piperidine rings is 1. The Kier molecular flexibility index (Phi) is 7.02. The van der Waals surface area contributed by atoms with Crippen LogP contribution < -0.4 is 10.6 Å². The first-order valence-electron chi connectivity index (χ1n) is 12.5. The minimum absolute atomic E-state index is 0.0529. The van der Waals surface area contributed by atoms with Crippen LogP contribution in [0.15, 0.2) is 36.4 Å². The fourth-order valence-electron chi connectivity index (χ4n) is 5.23. The molecule has 0 aromatic heterocycles. The number of imide groups is 1. The number of rotatable bonds is 6. The van der Waals surface area contributed by atoms with E-state index in [2.05, 4.69) is 5.32 Å². The van der Waals surface area contributed by atoms with Crippen LogP contribution in [0.3, 0.4) is 0 Å². The van der Waals surface area contributed by atoms with Gasteiger partial charge in [0.15, 0.2) is 0 Å². The normalized spacial score (nSPS) is 24.2. The summed E-state index contributed by atoms with van der Waals surface area (Å²) in [7, 11) is 12.7. The first-order chi connectivity index (χ1) is 19.2. The first kappa shape index (κ1) is 29.1. The summed E-state index contributed by atoms with van der Waals surface area (Å²) in [4.78, 5) is 39.5. The van der Waals surface area contributed by atoms with E-state index in [0.717, 1.165) is 0 Å². The van der Waals surface area contributed by atoms with Crippen LogP contribution in [0.4, 0.5) is 10.1 Å². The molecule has 3 aliphatic rings. The SMILES string of the molecule is [B]C([B])(c1cccc(CNc2cccc3c2CN(C2(O)C(=O)NC(=O)C(O)(O)C2(O)O)C3=O)c1F)N1CCOCC1. The van der Waals surface area contributed by atoms with Crippen molar-refractivity contribution in [1.29, 1.82) is 0 Å². The number of amides is 3. The van der Waals surface area contributed by atoms with Crippen LogP contribution in [0.1, 0.15) is 27.0 Å². The summed E-state index contributed by atoms with van der Waals surface area (Å²) in [5, 5.41) is 54.5. The summed E-state index contributed by atoms with van der Waals surface area (Å²) in [5.74, 6) is -13.7. The third-order valence-corrected chi connectivity index (χ3v) is 7.70. The predicted octanol–water partition coefficient (Wildman–Crippen LogP) is -3.12. The van der Waals surface area contributed by atoms with Gasteiger partial charge in [0.1, 0.15) is 5.82 Å². The molecular formula is C25H25B2FN4O9. The third kappa shape index (κ3) is 4.25. The van der Waals surface area contributed by atoms with Crippen LogP contribution in [-0.4, -0.2) is 112 Å². The number of carbonyl (C=O) groups excluding carboxylic acids is 3. The van der Waals surface area contributed by atoms with Crippen molar-refractivity contribution in [1.82, 2.24) is 15.1 Å². The number of carbonyl (C=O) groups is 3. The predicted molar refractivity (Wildman–Crippen MR) is 138 cm³/mol. The van der Waals surface area contributed by atoms with Crippen molar-refractivity contribution in [3.05, 3.63) is 64.5 Å². The summed E-state index contributed by atoms with van der Waals surface area (Å²) in [6.45, 7) is 0.847. The zero-order valence-electron chi connectivity index (χ0n) is 21.5. The highest BCUT2D eigenvalue weighted by atomic mass is 19.1. The quantitative estimate of drug-likeness (QED) is 0.106. The molecule has 7 N–H and O–H groups in total. The molecule has 16 heteroatoms. The molecule has 212 valence electrons. The molecule has 2 aromatic rings. The number of hydrogen-bond acceptors (Lipinski definition) is 11. The topological polar surface area (TPSA) is 192 Å². The molecule has 3 heterocycles. The number of benzene rings is 2. The van der Waals surface area contributed by atoms with Gasteiger partial charge in [0, 0.05) is 42.0 Å². The maximum absolute atomic E-state index is 15.6. The van der Waals surface area contributed by atoms with E-state index in [1.54, 1.807) is 11.0 Å². The molecule has 41 heavy (non-hydrogen) atoms. The van der Waals surface area contributed by atoms with Crippen molar-refractivity contribution in [2.75, 3.05) is 31.6 Å². The van der Waals surface area contributed by atoms with E-state index >= 15 is 4.39 Å². The molecule has 4 radical (unpaired) electrons. The lowest BCUT2D eigenvalue weighted by molar-refractivity contribution is -0.407. The van der Waals surface area contributed by atoms with Crippen molar-refractivity contribution in [2.45, 2.75) is 35.7 Å². The number of ether oxygens (including phenoxy) is 1. The van der Waals surface area contributed by atoms with Gasteiger partial charge in [-0.15, -0.1) is 0 Å². The molecule has 1 unspecified atom stereocenters. The average Bonchev–Trinajstić information content (AvgIpc) is 3.28. The van der Waals surface area contributed by atoms with Gasteiger partial charge in [0.25, 0.3) is 29.2 Å². The Labute approximate surface area is 235 Å². The van der Waals surface area contributed by atoms with Gasteiger partial charge in [-0.25, -0.2) is 4.39 Å². The molecule has 2 aromatic carbocycles. The third-order valence-electron chi connectivity index (χ3n) is 7.70. The Morgan fingerprint density at radius 2 is 1.66 bits per heavy atom. The smallest absolute Gasteiger partial charge is 0.306 e. The monoisotopic (exact) mass is 566 g/mol. The van der Waals surface area contributed by atoms with Gasteiger partial charge in [-0.2, -0.15) is 0 Å². The largest absolute Gasteiger partial charge is 0.381 e. The average molecular weight is 566 g/mol. The minimum atomic E-state index is -4.22. The van der Waals surface area contributed by atoms with Crippen molar-refractivity contribution in [3.63, 3.8) is 0 Å². The van der Waals surface area contributed by atoms with Crippen molar-refractivity contribution >= 4 is 39.1 Å². The standard InChI is InChI=1S/C25H25B2FN4O9/c26-24(27,31-7-9-41-10-8-31)16-5-1-3-13(18(16)28)11-29-17-6-2-4-14-15(17)12-32(19(14)33)22(36)20(34)30-21(35)23(37,38)25(22,39)40/h1-6,29,36-40H,7-12H2,(H,30,34,35). The minimum Gasteiger partial charge on any atom is -0.381 e. The first-order valence-corrected chi connectivity index (χ1v) is 12.5. The van der Waals surface area contributed by atoms with Gasteiger partial charge in [0.2, 0.25) is 0 Å². The molecule has 3 aliphatic heterocycles. The number of morpholine rings is 1. The fourth-order valence-corrected chi connectivity index (χ4v) is 5.23. The lowest BCUT2D eigenvalue weighted by atomic mass is 9.56. The van der Waals surface area contributed by atoms with Crippen LogP contribution in [0, 0.1) is 5.82 Å². The molecule has 0 saturated carbocycles. The zero-order valence-corrected chi connectivity index (χ0v) is 21.5. The van der Waals surface area contributed by atoms with Gasteiger partial charge in [-0.3, -0.25) is 24.6 Å². The summed E-state index contributed by atoms with van der Waals surface area (Å²) in [5.41, 5.74) is -3.14. The fraction of sp³-hybridized carbons (Fsp3) is 0.400. The van der Waals surface area contributed by atoms with Crippen molar-refractivity contribution in [2.24, 2.45) is 0 Å². The summed E-state index contributed by atoms with van der Waals surface area (Å²) >= 11 is 0. The molecule has 0 bridgehead atoms. The number of halogens is 1. The molecule has 13 nitrogen and oxygen atoms in total. The second-order valence-electron chi connectivity index (χ2n) is 10.1.